The van der Waals surface area contributed by atoms with Crippen molar-refractivity contribution in [3.05, 3.63) is 127 Å². The fourth-order valence-electron chi connectivity index (χ4n) is 6.51. The second kappa shape index (κ2) is 12.7. The van der Waals surface area contributed by atoms with E-state index in [4.69, 9.17) is 4.98 Å². The number of rotatable bonds is 13. The first-order valence-electron chi connectivity index (χ1n) is 14.8. The Morgan fingerprint density at radius 3 is 1.46 bits per heavy atom. The molecule has 0 aliphatic carbocycles. The fourth-order valence-corrected chi connectivity index (χ4v) is 13.3. The topological polar surface area (TPSA) is 12.9 Å². The van der Waals surface area contributed by atoms with E-state index < -0.39 is 6.60 Å². The van der Waals surface area contributed by atoms with Crippen LogP contribution in [0.2, 0.25) is 0 Å². The van der Waals surface area contributed by atoms with Crippen LogP contribution in [0, 0.1) is 0 Å². The van der Waals surface area contributed by atoms with Crippen LogP contribution in [-0.2, 0) is 0 Å². The molecular formula is C37H42NP. The van der Waals surface area contributed by atoms with E-state index in [1.54, 1.807) is 0 Å². The van der Waals surface area contributed by atoms with Crippen LogP contribution in [0.4, 0.5) is 0 Å². The maximum atomic E-state index is 5.56. The Morgan fingerprint density at radius 1 is 0.462 bits per heavy atom. The van der Waals surface area contributed by atoms with E-state index in [9.17, 15) is 0 Å². The van der Waals surface area contributed by atoms with Crippen molar-refractivity contribution in [1.29, 1.82) is 0 Å². The molecule has 0 unspecified atom stereocenters. The second-order valence-electron chi connectivity index (χ2n) is 10.9. The Hall–Kier alpha value is -3.28. The van der Waals surface area contributed by atoms with Crippen LogP contribution in [-0.4, -0.2) is 11.1 Å². The van der Waals surface area contributed by atoms with Crippen LogP contribution >= 0.6 is 6.60 Å². The molecule has 0 radical (unpaired) electrons. The van der Waals surface area contributed by atoms with Crippen molar-refractivity contribution in [3.8, 4) is 0 Å². The molecular weight excluding hydrogens is 489 g/mol. The summed E-state index contributed by atoms with van der Waals surface area (Å²) in [5, 5.41) is 5.42. The van der Waals surface area contributed by atoms with Crippen molar-refractivity contribution in [2.45, 2.75) is 58.3 Å². The van der Waals surface area contributed by atoms with E-state index in [1.807, 2.05) is 0 Å². The van der Waals surface area contributed by atoms with E-state index in [0.29, 0.717) is 0 Å². The number of benzene rings is 4. The number of hydrogen-bond acceptors (Lipinski definition) is 1. The third-order valence-electron chi connectivity index (χ3n) is 8.53. The summed E-state index contributed by atoms with van der Waals surface area (Å²) in [7, 11) is 0. The van der Waals surface area contributed by atoms with Crippen molar-refractivity contribution in [2.24, 2.45) is 0 Å². The third kappa shape index (κ3) is 5.18. The summed E-state index contributed by atoms with van der Waals surface area (Å²) in [5.74, 6) is 0. The molecule has 5 aromatic rings. The van der Waals surface area contributed by atoms with Crippen LogP contribution in [0.1, 0.15) is 58.3 Å². The van der Waals surface area contributed by atoms with E-state index in [2.05, 4.69) is 134 Å². The van der Waals surface area contributed by atoms with E-state index >= 15 is 0 Å². The molecule has 0 N–H and O–H groups in total. The van der Waals surface area contributed by atoms with Crippen molar-refractivity contribution < 1.29 is 0 Å². The molecule has 200 valence electrons. The van der Waals surface area contributed by atoms with Crippen LogP contribution in [0.15, 0.2) is 127 Å². The molecule has 0 spiro atoms. The van der Waals surface area contributed by atoms with Gasteiger partial charge in [-0.05, 0) is 0 Å². The Kier molecular flexibility index (Phi) is 8.90. The van der Waals surface area contributed by atoms with E-state index in [-0.39, 0.29) is 0 Å². The van der Waals surface area contributed by atoms with Gasteiger partial charge in [0.15, 0.2) is 0 Å². The molecule has 0 saturated heterocycles. The van der Waals surface area contributed by atoms with Crippen molar-refractivity contribution in [2.75, 3.05) is 6.16 Å². The first-order valence-corrected chi connectivity index (χ1v) is 17.3. The number of aromatic nitrogens is 1. The van der Waals surface area contributed by atoms with Gasteiger partial charge < -0.3 is 0 Å². The standard InChI is InChI=1S/C37H42NP/c1-2-3-4-5-6-7-8-20-31-39(33-22-12-9-13-23-33,34-24-14-10-15-25-34,35-26-16-11-17-27-35)37-30-29-32-21-18-19-28-36(32)38-37/h9-19,21-30H,2-8,20,31H2,1H3. The van der Waals surface area contributed by atoms with Crippen molar-refractivity contribution >= 4 is 38.9 Å². The molecule has 0 aliphatic heterocycles. The number of nitrogens with zero attached hydrogens (tertiary/aromatic N) is 1. The van der Waals surface area contributed by atoms with Gasteiger partial charge in [-0.2, -0.15) is 0 Å². The summed E-state index contributed by atoms with van der Waals surface area (Å²) in [6, 6.07) is 47.2. The molecule has 1 aromatic heterocycles. The zero-order valence-electron chi connectivity index (χ0n) is 23.4. The summed E-state index contributed by atoms with van der Waals surface area (Å²) in [6.07, 6.45) is 11.6. The van der Waals surface area contributed by atoms with Crippen molar-refractivity contribution in [1.82, 2.24) is 4.98 Å². The average Bonchev–Trinajstić information content (AvgIpc) is 3.02. The predicted octanol–water partition coefficient (Wildman–Crippen LogP) is 8.53. The monoisotopic (exact) mass is 531 g/mol. The summed E-state index contributed by atoms with van der Waals surface area (Å²) in [4.78, 5) is 5.56. The minimum absolute atomic E-state index is 1.07. The molecule has 0 fully saturated rings. The minimum atomic E-state index is -3.19. The van der Waals surface area contributed by atoms with Crippen LogP contribution < -0.4 is 21.3 Å². The molecule has 1 heterocycles. The molecule has 1 nitrogen and oxygen atoms in total. The normalized spacial score (nSPS) is 12.7. The number of para-hydroxylation sites is 1. The molecule has 0 bridgehead atoms. The summed E-state index contributed by atoms with van der Waals surface area (Å²) >= 11 is 0. The Bertz CT molecular complexity index is 1350. The van der Waals surface area contributed by atoms with Crippen LogP contribution in [0.25, 0.3) is 10.9 Å². The van der Waals surface area contributed by atoms with Gasteiger partial charge in [-0.1, -0.05) is 0 Å². The van der Waals surface area contributed by atoms with E-state index in [0.717, 1.165) is 11.7 Å². The quantitative estimate of drug-likeness (QED) is 0.110. The van der Waals surface area contributed by atoms with Crippen LogP contribution in [0.5, 0.6) is 0 Å². The Balaban J connectivity index is 1.73. The number of unbranched alkanes of at least 4 members (excludes halogenated alkanes) is 7. The molecule has 39 heavy (non-hydrogen) atoms. The van der Waals surface area contributed by atoms with Crippen molar-refractivity contribution in [3.63, 3.8) is 0 Å². The zero-order chi connectivity index (χ0) is 26.8. The van der Waals surface area contributed by atoms with Gasteiger partial charge in [0.1, 0.15) is 0 Å². The van der Waals surface area contributed by atoms with Gasteiger partial charge in [-0.15, -0.1) is 0 Å². The van der Waals surface area contributed by atoms with Gasteiger partial charge >= 0.3 is 236 Å². The number of fused-ring (bicyclic) bond motifs is 1. The molecule has 4 aromatic carbocycles. The van der Waals surface area contributed by atoms with Crippen LogP contribution in [0.3, 0.4) is 0 Å². The Labute approximate surface area is 235 Å². The second-order valence-corrected chi connectivity index (χ2v) is 15.9. The van der Waals surface area contributed by atoms with Gasteiger partial charge in [0.05, 0.1) is 0 Å². The number of pyridine rings is 1. The Morgan fingerprint density at radius 2 is 0.923 bits per heavy atom. The van der Waals surface area contributed by atoms with E-state index in [1.165, 1.54) is 78.1 Å². The first kappa shape index (κ1) is 27.3. The SMILES string of the molecule is CCCCCCCCCCP(c1ccccc1)(c1ccccc1)(c1ccccc1)c1ccc2ccccc2n1. The summed E-state index contributed by atoms with van der Waals surface area (Å²) in [6.45, 7) is -0.900. The van der Waals surface area contributed by atoms with Gasteiger partial charge in [-0.3, -0.25) is 0 Å². The van der Waals surface area contributed by atoms with Gasteiger partial charge in [0, 0.05) is 0 Å². The number of hydrogen-bond donors (Lipinski definition) is 0. The molecule has 5 rings (SSSR count). The molecule has 0 atom stereocenters. The zero-order valence-corrected chi connectivity index (χ0v) is 24.3. The predicted molar refractivity (Wildman–Crippen MR) is 174 cm³/mol. The average molecular weight is 532 g/mol. The maximum absolute atomic E-state index is 5.56. The third-order valence-corrected chi connectivity index (χ3v) is 15.3. The first-order chi connectivity index (χ1) is 19.3. The molecule has 0 saturated carbocycles. The summed E-state index contributed by atoms with van der Waals surface area (Å²) < 4.78 is 0. The molecule has 0 aliphatic rings. The van der Waals surface area contributed by atoms with Gasteiger partial charge in [0.2, 0.25) is 0 Å². The molecule has 2 heteroatoms. The molecule has 0 amide bonds. The van der Waals surface area contributed by atoms with Gasteiger partial charge in [-0.25, -0.2) is 0 Å². The van der Waals surface area contributed by atoms with Gasteiger partial charge in [0.25, 0.3) is 0 Å². The fraction of sp³-hybridized carbons (Fsp3) is 0.270. The summed E-state index contributed by atoms with van der Waals surface area (Å²) in [5.41, 5.74) is 2.30.